The summed E-state index contributed by atoms with van der Waals surface area (Å²) in [7, 11) is 0. The van der Waals surface area contributed by atoms with Crippen LogP contribution in [0.5, 0.6) is 0 Å². The molecule has 1 N–H and O–H groups in total. The summed E-state index contributed by atoms with van der Waals surface area (Å²) >= 11 is 11.9. The zero-order valence-corrected chi connectivity index (χ0v) is 11.4. The maximum Gasteiger partial charge on any atom is 0.159 e. The van der Waals surface area contributed by atoms with E-state index in [1.165, 1.54) is 12.1 Å². The molecule has 0 aliphatic heterocycles. The molecule has 0 fully saturated rings. The van der Waals surface area contributed by atoms with Gasteiger partial charge in [0.15, 0.2) is 11.6 Å². The summed E-state index contributed by atoms with van der Waals surface area (Å²) in [6.07, 6.45) is 0. The molecule has 0 radical (unpaired) electrons. The molecule has 100 valence electrons. The van der Waals surface area contributed by atoms with Crippen molar-refractivity contribution in [1.29, 1.82) is 0 Å². The van der Waals surface area contributed by atoms with Crippen LogP contribution in [-0.4, -0.2) is 0 Å². The molecule has 0 spiro atoms. The highest BCUT2D eigenvalue weighted by atomic mass is 35.5. The van der Waals surface area contributed by atoms with E-state index in [1.807, 2.05) is 12.1 Å². The van der Waals surface area contributed by atoms with E-state index in [2.05, 4.69) is 5.32 Å². The van der Waals surface area contributed by atoms with E-state index in [1.54, 1.807) is 6.07 Å². The molecule has 0 bridgehead atoms. The van der Waals surface area contributed by atoms with Gasteiger partial charge in [-0.1, -0.05) is 41.4 Å². The number of halogens is 4. The number of rotatable bonds is 4. The Balaban J connectivity index is 1.96. The van der Waals surface area contributed by atoms with Crippen LogP contribution >= 0.6 is 23.2 Å². The molecule has 2 aromatic rings. The standard InChI is InChI=1S/C14H11Cl2F2N/c15-11-3-1-2-10(14(11)16)8-19-7-9-4-5-12(17)13(18)6-9/h1-6,19H,7-8H2. The first-order chi connectivity index (χ1) is 9.08. The topological polar surface area (TPSA) is 12.0 Å². The van der Waals surface area contributed by atoms with Crippen LogP contribution in [0.2, 0.25) is 10.0 Å². The maximum absolute atomic E-state index is 13.0. The monoisotopic (exact) mass is 301 g/mol. The van der Waals surface area contributed by atoms with Gasteiger partial charge in [-0.3, -0.25) is 0 Å². The van der Waals surface area contributed by atoms with Gasteiger partial charge in [0.2, 0.25) is 0 Å². The van der Waals surface area contributed by atoms with Gasteiger partial charge >= 0.3 is 0 Å². The van der Waals surface area contributed by atoms with Crippen molar-refractivity contribution in [3.8, 4) is 0 Å². The molecule has 0 aliphatic rings. The first-order valence-corrected chi connectivity index (χ1v) is 6.41. The van der Waals surface area contributed by atoms with Gasteiger partial charge in [0.05, 0.1) is 10.0 Å². The lowest BCUT2D eigenvalue weighted by Gasteiger charge is -2.08. The third-order valence-corrected chi connectivity index (χ3v) is 3.52. The highest BCUT2D eigenvalue weighted by Crippen LogP contribution is 2.25. The van der Waals surface area contributed by atoms with Crippen LogP contribution < -0.4 is 5.32 Å². The van der Waals surface area contributed by atoms with Gasteiger partial charge in [0.1, 0.15) is 0 Å². The predicted molar refractivity (Wildman–Crippen MR) is 73.4 cm³/mol. The molecule has 19 heavy (non-hydrogen) atoms. The van der Waals surface area contributed by atoms with Crippen molar-refractivity contribution in [2.24, 2.45) is 0 Å². The Morgan fingerprint density at radius 3 is 2.47 bits per heavy atom. The highest BCUT2D eigenvalue weighted by molar-refractivity contribution is 6.42. The summed E-state index contributed by atoms with van der Waals surface area (Å²) in [5, 5.41) is 4.10. The summed E-state index contributed by atoms with van der Waals surface area (Å²) < 4.78 is 25.8. The van der Waals surface area contributed by atoms with Crippen molar-refractivity contribution in [2.45, 2.75) is 13.1 Å². The smallest absolute Gasteiger partial charge is 0.159 e. The molecule has 0 saturated carbocycles. The minimum absolute atomic E-state index is 0.417. The fourth-order valence-electron chi connectivity index (χ4n) is 1.68. The summed E-state index contributed by atoms with van der Waals surface area (Å²) in [5.74, 6) is -1.69. The zero-order valence-electron chi connectivity index (χ0n) is 9.89. The third-order valence-electron chi connectivity index (χ3n) is 2.66. The van der Waals surface area contributed by atoms with Gasteiger partial charge in [0.25, 0.3) is 0 Å². The second-order valence-electron chi connectivity index (χ2n) is 4.06. The van der Waals surface area contributed by atoms with Crippen LogP contribution in [0.3, 0.4) is 0 Å². The van der Waals surface area contributed by atoms with Crippen molar-refractivity contribution in [2.75, 3.05) is 0 Å². The average molecular weight is 302 g/mol. The minimum atomic E-state index is -0.847. The highest BCUT2D eigenvalue weighted by Gasteiger charge is 2.05. The maximum atomic E-state index is 13.0. The summed E-state index contributed by atoms with van der Waals surface area (Å²) in [6.45, 7) is 0.915. The fraction of sp³-hybridized carbons (Fsp3) is 0.143. The Morgan fingerprint density at radius 2 is 1.74 bits per heavy atom. The second kappa shape index (κ2) is 6.33. The number of benzene rings is 2. The third kappa shape index (κ3) is 3.66. The largest absolute Gasteiger partial charge is 0.309 e. The quantitative estimate of drug-likeness (QED) is 0.873. The molecule has 0 atom stereocenters. The average Bonchev–Trinajstić information content (AvgIpc) is 2.39. The van der Waals surface area contributed by atoms with E-state index in [0.717, 1.165) is 11.6 Å². The first kappa shape index (κ1) is 14.3. The molecule has 1 nitrogen and oxygen atoms in total. The van der Waals surface area contributed by atoms with Crippen LogP contribution in [0, 0.1) is 11.6 Å². The summed E-state index contributed by atoms with van der Waals surface area (Å²) in [4.78, 5) is 0. The molecular weight excluding hydrogens is 291 g/mol. The Morgan fingerprint density at radius 1 is 0.947 bits per heavy atom. The molecule has 0 unspecified atom stereocenters. The summed E-state index contributed by atoms with van der Waals surface area (Å²) in [5.41, 5.74) is 1.52. The van der Waals surface area contributed by atoms with Crippen LogP contribution in [-0.2, 0) is 13.1 Å². The fourth-order valence-corrected chi connectivity index (χ4v) is 2.06. The Labute approximate surface area is 120 Å². The Hall–Kier alpha value is -1.16. The van der Waals surface area contributed by atoms with Gasteiger partial charge < -0.3 is 5.32 Å². The van der Waals surface area contributed by atoms with E-state index in [4.69, 9.17) is 23.2 Å². The zero-order chi connectivity index (χ0) is 13.8. The molecule has 2 rings (SSSR count). The Bertz CT molecular complexity index is 588. The normalized spacial score (nSPS) is 10.7. The van der Waals surface area contributed by atoms with Gasteiger partial charge in [-0.15, -0.1) is 0 Å². The lowest BCUT2D eigenvalue weighted by Crippen LogP contribution is -2.13. The van der Waals surface area contributed by atoms with Crippen molar-refractivity contribution in [1.82, 2.24) is 5.32 Å². The van der Waals surface area contributed by atoms with E-state index >= 15 is 0 Å². The molecule has 0 aromatic heterocycles. The van der Waals surface area contributed by atoms with E-state index in [0.29, 0.717) is 28.7 Å². The van der Waals surface area contributed by atoms with Gasteiger partial charge in [0, 0.05) is 13.1 Å². The number of hydrogen-bond donors (Lipinski definition) is 1. The molecule has 5 heteroatoms. The van der Waals surface area contributed by atoms with E-state index in [9.17, 15) is 8.78 Å². The second-order valence-corrected chi connectivity index (χ2v) is 4.85. The first-order valence-electron chi connectivity index (χ1n) is 5.65. The van der Waals surface area contributed by atoms with Crippen molar-refractivity contribution < 1.29 is 8.78 Å². The van der Waals surface area contributed by atoms with Gasteiger partial charge in [-0.2, -0.15) is 0 Å². The van der Waals surface area contributed by atoms with E-state index < -0.39 is 11.6 Å². The molecule has 0 heterocycles. The lowest BCUT2D eigenvalue weighted by molar-refractivity contribution is 0.506. The van der Waals surface area contributed by atoms with Gasteiger partial charge in [-0.05, 0) is 29.3 Å². The van der Waals surface area contributed by atoms with Crippen LogP contribution in [0.15, 0.2) is 36.4 Å². The molecule has 0 amide bonds. The summed E-state index contributed by atoms with van der Waals surface area (Å²) in [6, 6.07) is 9.18. The SMILES string of the molecule is Fc1ccc(CNCc2cccc(Cl)c2Cl)cc1F. The lowest BCUT2D eigenvalue weighted by atomic mass is 10.2. The molecule has 0 aliphatic carbocycles. The number of nitrogens with one attached hydrogen (secondary N) is 1. The van der Waals surface area contributed by atoms with Crippen LogP contribution in [0.1, 0.15) is 11.1 Å². The molecular formula is C14H11Cl2F2N. The minimum Gasteiger partial charge on any atom is -0.309 e. The van der Waals surface area contributed by atoms with Gasteiger partial charge in [-0.25, -0.2) is 8.78 Å². The van der Waals surface area contributed by atoms with Crippen molar-refractivity contribution in [3.05, 3.63) is 69.2 Å². The van der Waals surface area contributed by atoms with E-state index in [-0.39, 0.29) is 0 Å². The predicted octanol–water partition coefficient (Wildman–Crippen LogP) is 4.56. The van der Waals surface area contributed by atoms with Crippen LogP contribution in [0.25, 0.3) is 0 Å². The number of hydrogen-bond acceptors (Lipinski definition) is 1. The Kier molecular flexibility index (Phi) is 4.75. The van der Waals surface area contributed by atoms with Crippen LogP contribution in [0.4, 0.5) is 8.78 Å². The molecule has 0 saturated heterocycles. The van der Waals surface area contributed by atoms with Crippen molar-refractivity contribution in [3.63, 3.8) is 0 Å². The molecule has 2 aromatic carbocycles. The van der Waals surface area contributed by atoms with Crippen molar-refractivity contribution >= 4 is 23.2 Å².